The summed E-state index contributed by atoms with van der Waals surface area (Å²) < 4.78 is 13.7. The molecular formula is C14H11ClFIN2O. The van der Waals surface area contributed by atoms with Crippen LogP contribution < -0.4 is 10.6 Å². The van der Waals surface area contributed by atoms with Crippen molar-refractivity contribution in [3.8, 4) is 0 Å². The molecule has 1 amide bonds. The standard InChI is InChI=1S/C14H11ClFIN2O/c15-9-1-4-11(5-2-9)19-14(20)8-18-13-6-3-10(16)7-12(13)17/h1-7,18H,8H2,(H,19,20). The van der Waals surface area contributed by atoms with Gasteiger partial charge in [0.15, 0.2) is 0 Å². The fourth-order valence-corrected chi connectivity index (χ4v) is 2.34. The maximum Gasteiger partial charge on any atom is 0.243 e. The van der Waals surface area contributed by atoms with Crippen LogP contribution in [0.25, 0.3) is 0 Å². The summed E-state index contributed by atoms with van der Waals surface area (Å²) in [5.41, 5.74) is 1.40. The molecule has 0 bridgehead atoms. The quantitative estimate of drug-likeness (QED) is 0.752. The molecule has 2 aromatic rings. The average molecular weight is 405 g/mol. The minimum atomic E-state index is -0.300. The largest absolute Gasteiger partial charge is 0.375 e. The summed E-state index contributed by atoms with van der Waals surface area (Å²) >= 11 is 7.77. The number of rotatable bonds is 4. The minimum Gasteiger partial charge on any atom is -0.375 e. The summed E-state index contributed by atoms with van der Waals surface area (Å²) in [5.74, 6) is -0.488. The molecule has 2 aromatic carbocycles. The van der Waals surface area contributed by atoms with Crippen molar-refractivity contribution < 1.29 is 9.18 Å². The van der Waals surface area contributed by atoms with Gasteiger partial charge in [-0.2, -0.15) is 0 Å². The third-order valence-corrected chi connectivity index (χ3v) is 3.64. The molecular weight excluding hydrogens is 394 g/mol. The van der Waals surface area contributed by atoms with Crippen molar-refractivity contribution in [3.05, 3.63) is 56.9 Å². The van der Waals surface area contributed by atoms with Crippen molar-refractivity contribution in [2.45, 2.75) is 0 Å². The molecule has 0 heterocycles. The Morgan fingerprint density at radius 3 is 2.55 bits per heavy atom. The van der Waals surface area contributed by atoms with Gasteiger partial charge < -0.3 is 10.6 Å². The van der Waals surface area contributed by atoms with Crippen molar-refractivity contribution in [1.29, 1.82) is 0 Å². The highest BCUT2D eigenvalue weighted by Crippen LogP contribution is 2.19. The molecule has 6 heteroatoms. The monoisotopic (exact) mass is 404 g/mol. The molecule has 20 heavy (non-hydrogen) atoms. The van der Waals surface area contributed by atoms with E-state index in [1.54, 1.807) is 30.3 Å². The number of carbonyl (C=O) groups is 1. The molecule has 0 unspecified atom stereocenters. The molecule has 0 aliphatic carbocycles. The third kappa shape index (κ3) is 4.35. The Hall–Kier alpha value is -1.34. The highest BCUT2D eigenvalue weighted by molar-refractivity contribution is 14.1. The SMILES string of the molecule is O=C(CNc1ccc(F)cc1I)Nc1ccc(Cl)cc1. The molecule has 2 N–H and O–H groups in total. The molecule has 0 saturated carbocycles. The summed E-state index contributed by atoms with van der Waals surface area (Å²) in [7, 11) is 0. The van der Waals surface area contributed by atoms with Crippen LogP contribution in [0.2, 0.25) is 5.02 Å². The van der Waals surface area contributed by atoms with Gasteiger partial charge in [0.05, 0.1) is 6.54 Å². The molecule has 0 spiro atoms. The zero-order valence-electron chi connectivity index (χ0n) is 10.3. The van der Waals surface area contributed by atoms with Gasteiger partial charge in [0.1, 0.15) is 5.82 Å². The molecule has 0 saturated heterocycles. The Labute approximate surface area is 134 Å². The normalized spacial score (nSPS) is 10.2. The predicted octanol–water partition coefficient (Wildman–Crippen LogP) is 4.13. The number of benzene rings is 2. The maximum atomic E-state index is 12.9. The van der Waals surface area contributed by atoms with Gasteiger partial charge >= 0.3 is 0 Å². The molecule has 0 radical (unpaired) electrons. The van der Waals surface area contributed by atoms with E-state index in [4.69, 9.17) is 11.6 Å². The molecule has 2 rings (SSSR count). The Bertz CT molecular complexity index is 619. The van der Waals surface area contributed by atoms with Crippen LogP contribution in [0.4, 0.5) is 15.8 Å². The Balaban J connectivity index is 1.90. The smallest absolute Gasteiger partial charge is 0.243 e. The first kappa shape index (κ1) is 15.1. The van der Waals surface area contributed by atoms with Gasteiger partial charge in [-0.3, -0.25) is 4.79 Å². The maximum absolute atomic E-state index is 12.9. The van der Waals surface area contributed by atoms with Gasteiger partial charge in [-0.05, 0) is 65.1 Å². The summed E-state index contributed by atoms with van der Waals surface area (Å²) in [5, 5.41) is 6.31. The summed E-state index contributed by atoms with van der Waals surface area (Å²) in [6.07, 6.45) is 0. The van der Waals surface area contributed by atoms with E-state index < -0.39 is 0 Å². The molecule has 0 fully saturated rings. The third-order valence-electron chi connectivity index (χ3n) is 2.50. The summed E-state index contributed by atoms with van der Waals surface area (Å²) in [6, 6.07) is 11.2. The molecule has 0 aromatic heterocycles. The van der Waals surface area contributed by atoms with E-state index in [0.29, 0.717) is 10.7 Å². The number of amides is 1. The van der Waals surface area contributed by atoms with Gasteiger partial charge in [-0.25, -0.2) is 4.39 Å². The van der Waals surface area contributed by atoms with E-state index in [-0.39, 0.29) is 18.3 Å². The number of halogens is 3. The lowest BCUT2D eigenvalue weighted by molar-refractivity contribution is -0.114. The number of hydrogen-bond donors (Lipinski definition) is 2. The van der Waals surface area contributed by atoms with E-state index in [1.807, 2.05) is 22.6 Å². The first-order valence-electron chi connectivity index (χ1n) is 5.79. The zero-order valence-corrected chi connectivity index (χ0v) is 13.2. The van der Waals surface area contributed by atoms with Crippen LogP contribution in [-0.4, -0.2) is 12.5 Å². The second kappa shape index (κ2) is 6.90. The lowest BCUT2D eigenvalue weighted by atomic mass is 10.3. The second-order valence-corrected chi connectivity index (χ2v) is 5.63. The van der Waals surface area contributed by atoms with Crippen molar-refractivity contribution in [3.63, 3.8) is 0 Å². The molecule has 3 nitrogen and oxygen atoms in total. The van der Waals surface area contributed by atoms with E-state index in [9.17, 15) is 9.18 Å². The van der Waals surface area contributed by atoms with Gasteiger partial charge in [0.25, 0.3) is 0 Å². The van der Waals surface area contributed by atoms with Crippen LogP contribution in [0, 0.1) is 9.39 Å². The number of nitrogens with one attached hydrogen (secondary N) is 2. The lowest BCUT2D eigenvalue weighted by Gasteiger charge is -2.09. The molecule has 0 atom stereocenters. The van der Waals surface area contributed by atoms with Crippen LogP contribution in [0.15, 0.2) is 42.5 Å². The van der Waals surface area contributed by atoms with Crippen LogP contribution in [0.1, 0.15) is 0 Å². The first-order chi connectivity index (χ1) is 9.54. The Morgan fingerprint density at radius 1 is 1.20 bits per heavy atom. The Morgan fingerprint density at radius 2 is 1.90 bits per heavy atom. The van der Waals surface area contributed by atoms with Crippen molar-refractivity contribution in [2.75, 3.05) is 17.2 Å². The number of anilines is 2. The fourth-order valence-electron chi connectivity index (χ4n) is 1.55. The summed E-state index contributed by atoms with van der Waals surface area (Å²) in [6.45, 7) is 0.101. The van der Waals surface area contributed by atoms with Crippen molar-refractivity contribution >= 4 is 51.5 Å². The fraction of sp³-hybridized carbons (Fsp3) is 0.0714. The second-order valence-electron chi connectivity index (χ2n) is 4.03. The zero-order chi connectivity index (χ0) is 14.5. The average Bonchev–Trinajstić information content (AvgIpc) is 2.40. The number of hydrogen-bond acceptors (Lipinski definition) is 2. The molecule has 104 valence electrons. The van der Waals surface area contributed by atoms with Crippen molar-refractivity contribution in [2.24, 2.45) is 0 Å². The van der Waals surface area contributed by atoms with Crippen LogP contribution in [0.3, 0.4) is 0 Å². The predicted molar refractivity (Wildman–Crippen MR) is 87.7 cm³/mol. The van der Waals surface area contributed by atoms with Crippen LogP contribution in [0.5, 0.6) is 0 Å². The van der Waals surface area contributed by atoms with E-state index >= 15 is 0 Å². The van der Waals surface area contributed by atoms with E-state index in [1.165, 1.54) is 12.1 Å². The van der Waals surface area contributed by atoms with Gasteiger partial charge in [-0.1, -0.05) is 11.6 Å². The molecule has 0 aliphatic heterocycles. The highest BCUT2D eigenvalue weighted by atomic mass is 127. The topological polar surface area (TPSA) is 41.1 Å². The lowest BCUT2D eigenvalue weighted by Crippen LogP contribution is -2.22. The van der Waals surface area contributed by atoms with Gasteiger partial charge in [0, 0.05) is 20.0 Å². The van der Waals surface area contributed by atoms with Crippen LogP contribution >= 0.6 is 34.2 Å². The number of carbonyl (C=O) groups excluding carboxylic acids is 1. The van der Waals surface area contributed by atoms with E-state index in [2.05, 4.69) is 10.6 Å². The first-order valence-corrected chi connectivity index (χ1v) is 7.24. The summed E-state index contributed by atoms with van der Waals surface area (Å²) in [4.78, 5) is 11.8. The van der Waals surface area contributed by atoms with Gasteiger partial charge in [-0.15, -0.1) is 0 Å². The Kier molecular flexibility index (Phi) is 5.19. The minimum absolute atomic E-state index is 0.101. The van der Waals surface area contributed by atoms with E-state index in [0.717, 1.165) is 9.26 Å². The van der Waals surface area contributed by atoms with Crippen molar-refractivity contribution in [1.82, 2.24) is 0 Å². The highest BCUT2D eigenvalue weighted by Gasteiger charge is 2.05. The molecule has 0 aliphatic rings. The van der Waals surface area contributed by atoms with Gasteiger partial charge in [0.2, 0.25) is 5.91 Å². The van der Waals surface area contributed by atoms with Crippen LogP contribution in [-0.2, 0) is 4.79 Å².